The van der Waals surface area contributed by atoms with Gasteiger partial charge in [0, 0.05) is 12.5 Å². The SMILES string of the molecule is O=C(O)C=Cc1ccc(Cc2nc3c(F)c(F)ccc3[nH]2)cc1. The summed E-state index contributed by atoms with van der Waals surface area (Å²) in [6.45, 7) is 0. The molecule has 4 nitrogen and oxygen atoms in total. The first-order valence-corrected chi connectivity index (χ1v) is 6.85. The summed E-state index contributed by atoms with van der Waals surface area (Å²) in [5.41, 5.74) is 2.10. The summed E-state index contributed by atoms with van der Waals surface area (Å²) in [7, 11) is 0. The fraction of sp³-hybridized carbons (Fsp3) is 0.0588. The molecule has 0 spiro atoms. The van der Waals surface area contributed by atoms with Gasteiger partial charge < -0.3 is 10.1 Å². The van der Waals surface area contributed by atoms with Crippen molar-refractivity contribution in [1.82, 2.24) is 9.97 Å². The zero-order valence-corrected chi connectivity index (χ0v) is 11.9. The first-order chi connectivity index (χ1) is 11.0. The maximum atomic E-state index is 13.6. The maximum Gasteiger partial charge on any atom is 0.328 e. The fourth-order valence-corrected chi connectivity index (χ4v) is 2.26. The molecule has 1 heterocycles. The van der Waals surface area contributed by atoms with E-state index in [1.807, 2.05) is 12.1 Å². The minimum Gasteiger partial charge on any atom is -0.478 e. The lowest BCUT2D eigenvalue weighted by Crippen LogP contribution is -1.91. The van der Waals surface area contributed by atoms with Gasteiger partial charge in [0.25, 0.3) is 0 Å². The normalized spacial score (nSPS) is 11.4. The van der Waals surface area contributed by atoms with Crippen LogP contribution in [-0.2, 0) is 11.2 Å². The summed E-state index contributed by atoms with van der Waals surface area (Å²) >= 11 is 0. The molecule has 1 aromatic heterocycles. The summed E-state index contributed by atoms with van der Waals surface area (Å²) in [6.07, 6.45) is 2.98. The fourth-order valence-electron chi connectivity index (χ4n) is 2.26. The Morgan fingerprint density at radius 2 is 1.91 bits per heavy atom. The molecule has 0 saturated carbocycles. The van der Waals surface area contributed by atoms with Crippen LogP contribution < -0.4 is 0 Å². The van der Waals surface area contributed by atoms with E-state index in [9.17, 15) is 13.6 Å². The Morgan fingerprint density at radius 1 is 1.17 bits per heavy atom. The van der Waals surface area contributed by atoms with E-state index in [4.69, 9.17) is 5.11 Å². The van der Waals surface area contributed by atoms with Crippen molar-refractivity contribution >= 4 is 23.1 Å². The van der Waals surface area contributed by atoms with E-state index in [1.54, 1.807) is 12.1 Å². The molecule has 0 radical (unpaired) electrons. The number of hydrogen-bond donors (Lipinski definition) is 2. The molecular formula is C17H12F2N2O2. The summed E-state index contributed by atoms with van der Waals surface area (Å²) in [5.74, 6) is -2.37. The molecule has 2 N–H and O–H groups in total. The van der Waals surface area contributed by atoms with Crippen LogP contribution in [0.15, 0.2) is 42.5 Å². The number of aliphatic carboxylic acids is 1. The van der Waals surface area contributed by atoms with Crippen LogP contribution >= 0.6 is 0 Å². The van der Waals surface area contributed by atoms with Gasteiger partial charge in [-0.3, -0.25) is 0 Å². The number of imidazole rings is 1. The molecule has 0 bridgehead atoms. The van der Waals surface area contributed by atoms with Crippen molar-refractivity contribution in [1.29, 1.82) is 0 Å². The molecule has 116 valence electrons. The molecule has 3 aromatic rings. The van der Waals surface area contributed by atoms with E-state index in [2.05, 4.69) is 9.97 Å². The lowest BCUT2D eigenvalue weighted by Gasteiger charge is -1.99. The highest BCUT2D eigenvalue weighted by molar-refractivity contribution is 5.85. The van der Waals surface area contributed by atoms with E-state index in [-0.39, 0.29) is 5.52 Å². The lowest BCUT2D eigenvalue weighted by atomic mass is 10.1. The highest BCUT2D eigenvalue weighted by atomic mass is 19.2. The van der Waals surface area contributed by atoms with Gasteiger partial charge in [-0.05, 0) is 29.3 Å². The van der Waals surface area contributed by atoms with Crippen molar-refractivity contribution in [2.24, 2.45) is 0 Å². The number of carboxylic acid groups (broad SMARTS) is 1. The van der Waals surface area contributed by atoms with E-state index in [1.165, 1.54) is 12.1 Å². The van der Waals surface area contributed by atoms with Crippen LogP contribution in [-0.4, -0.2) is 21.0 Å². The first-order valence-electron chi connectivity index (χ1n) is 6.85. The Balaban J connectivity index is 1.82. The number of nitrogens with one attached hydrogen (secondary N) is 1. The number of fused-ring (bicyclic) bond motifs is 1. The first kappa shape index (κ1) is 14.9. The molecule has 0 aliphatic rings. The topological polar surface area (TPSA) is 66.0 Å². The Morgan fingerprint density at radius 3 is 2.61 bits per heavy atom. The molecule has 0 saturated heterocycles. The number of benzene rings is 2. The van der Waals surface area contributed by atoms with Crippen LogP contribution in [0.25, 0.3) is 17.1 Å². The van der Waals surface area contributed by atoms with Crippen LogP contribution in [0.3, 0.4) is 0 Å². The van der Waals surface area contributed by atoms with E-state index >= 15 is 0 Å². The van der Waals surface area contributed by atoms with E-state index in [0.717, 1.165) is 23.3 Å². The number of rotatable bonds is 4. The van der Waals surface area contributed by atoms with Gasteiger partial charge in [-0.2, -0.15) is 0 Å². The van der Waals surface area contributed by atoms with Gasteiger partial charge in [0.15, 0.2) is 11.6 Å². The molecule has 2 aromatic carbocycles. The van der Waals surface area contributed by atoms with Crippen molar-refractivity contribution < 1.29 is 18.7 Å². The van der Waals surface area contributed by atoms with E-state index in [0.29, 0.717) is 17.8 Å². The van der Waals surface area contributed by atoms with Crippen LogP contribution in [0.5, 0.6) is 0 Å². The average molecular weight is 314 g/mol. The van der Waals surface area contributed by atoms with Crippen molar-refractivity contribution in [3.8, 4) is 0 Å². The van der Waals surface area contributed by atoms with Crippen LogP contribution in [0.4, 0.5) is 8.78 Å². The van der Waals surface area contributed by atoms with Crippen molar-refractivity contribution in [2.75, 3.05) is 0 Å². The number of nitrogens with zero attached hydrogens (tertiary/aromatic N) is 1. The van der Waals surface area contributed by atoms with Crippen LogP contribution in [0, 0.1) is 11.6 Å². The molecule has 0 atom stereocenters. The second-order valence-corrected chi connectivity index (χ2v) is 5.03. The van der Waals surface area contributed by atoms with Gasteiger partial charge in [0.1, 0.15) is 11.3 Å². The van der Waals surface area contributed by atoms with Crippen molar-refractivity contribution in [3.63, 3.8) is 0 Å². The average Bonchev–Trinajstić information content (AvgIpc) is 2.94. The predicted molar refractivity (Wildman–Crippen MR) is 81.9 cm³/mol. The number of carboxylic acids is 1. The molecule has 0 aliphatic carbocycles. The molecule has 3 rings (SSSR count). The standard InChI is InChI=1S/C17H12F2N2O2/c18-12-6-7-13-17(16(12)19)21-14(20-13)9-11-3-1-10(2-4-11)5-8-15(22)23/h1-8H,9H2,(H,20,21)(H,22,23). The largest absolute Gasteiger partial charge is 0.478 e. The quantitative estimate of drug-likeness (QED) is 0.724. The highest BCUT2D eigenvalue weighted by Gasteiger charge is 2.12. The minimum absolute atomic E-state index is 0.0130. The van der Waals surface area contributed by atoms with E-state index < -0.39 is 17.6 Å². The Labute approximate surface area is 130 Å². The van der Waals surface area contributed by atoms with Crippen molar-refractivity contribution in [2.45, 2.75) is 6.42 Å². The third-order valence-corrected chi connectivity index (χ3v) is 3.36. The third-order valence-electron chi connectivity index (χ3n) is 3.36. The Bertz CT molecular complexity index is 899. The molecule has 0 unspecified atom stereocenters. The number of hydrogen-bond acceptors (Lipinski definition) is 2. The Hall–Kier alpha value is -3.02. The highest BCUT2D eigenvalue weighted by Crippen LogP contribution is 2.19. The number of aromatic amines is 1. The van der Waals surface area contributed by atoms with Gasteiger partial charge >= 0.3 is 5.97 Å². The van der Waals surface area contributed by atoms with Gasteiger partial charge in [0.2, 0.25) is 0 Å². The summed E-state index contributed by atoms with van der Waals surface area (Å²) in [6, 6.07) is 9.71. The van der Waals surface area contributed by atoms with Gasteiger partial charge in [-0.1, -0.05) is 24.3 Å². The minimum atomic E-state index is -1.01. The summed E-state index contributed by atoms with van der Waals surface area (Å²) in [4.78, 5) is 17.5. The number of halogens is 2. The zero-order valence-electron chi connectivity index (χ0n) is 11.9. The second kappa shape index (κ2) is 6.00. The molecule has 0 fully saturated rings. The monoisotopic (exact) mass is 314 g/mol. The predicted octanol–water partition coefficient (Wildman–Crippen LogP) is 3.53. The van der Waals surface area contributed by atoms with Crippen LogP contribution in [0.2, 0.25) is 0 Å². The molecular weight excluding hydrogens is 302 g/mol. The van der Waals surface area contributed by atoms with Gasteiger partial charge in [0.05, 0.1) is 5.52 Å². The number of aromatic nitrogens is 2. The Kier molecular flexibility index (Phi) is 3.89. The van der Waals surface area contributed by atoms with Crippen LogP contribution in [0.1, 0.15) is 17.0 Å². The van der Waals surface area contributed by atoms with Gasteiger partial charge in [-0.15, -0.1) is 0 Å². The van der Waals surface area contributed by atoms with Gasteiger partial charge in [-0.25, -0.2) is 18.6 Å². The molecule has 0 amide bonds. The summed E-state index contributed by atoms with van der Waals surface area (Å²) in [5, 5.41) is 8.58. The molecule has 0 aliphatic heterocycles. The maximum absolute atomic E-state index is 13.6. The molecule has 6 heteroatoms. The molecule has 23 heavy (non-hydrogen) atoms. The summed E-state index contributed by atoms with van der Waals surface area (Å²) < 4.78 is 26.8. The van der Waals surface area contributed by atoms with Crippen molar-refractivity contribution in [3.05, 3.63) is 71.1 Å². The number of carbonyl (C=O) groups is 1. The zero-order chi connectivity index (χ0) is 16.4. The second-order valence-electron chi connectivity index (χ2n) is 5.03. The third kappa shape index (κ3) is 3.26. The smallest absolute Gasteiger partial charge is 0.328 e. The lowest BCUT2D eigenvalue weighted by molar-refractivity contribution is -0.131. The number of H-pyrrole nitrogens is 1.